The van der Waals surface area contributed by atoms with Crippen molar-refractivity contribution in [1.29, 1.82) is 0 Å². The molecule has 0 saturated carbocycles. The van der Waals surface area contributed by atoms with Crippen molar-refractivity contribution in [2.45, 2.75) is 37.2 Å². The minimum atomic E-state index is -0.795. The fourth-order valence-corrected chi connectivity index (χ4v) is 2.10. The van der Waals surface area contributed by atoms with Gasteiger partial charge in [-0.2, -0.15) is 0 Å². The van der Waals surface area contributed by atoms with Crippen LogP contribution in [0.15, 0.2) is 0 Å². The van der Waals surface area contributed by atoms with Gasteiger partial charge in [0.25, 0.3) is 0 Å². The van der Waals surface area contributed by atoms with E-state index < -0.39 is 18.3 Å². The first-order chi connectivity index (χ1) is 5.70. The van der Waals surface area contributed by atoms with E-state index in [2.05, 4.69) is 0 Å². The van der Waals surface area contributed by atoms with E-state index in [0.29, 0.717) is 13.0 Å². The molecule has 2 aliphatic rings. The van der Waals surface area contributed by atoms with Crippen LogP contribution < -0.4 is 0 Å². The Balaban J connectivity index is 2.12. The van der Waals surface area contributed by atoms with E-state index in [4.69, 9.17) is 0 Å². The minimum Gasteiger partial charge on any atom is -0.391 e. The summed E-state index contributed by atoms with van der Waals surface area (Å²) in [5.74, 6) is 0. The smallest absolute Gasteiger partial charge is 0.0991 e. The Morgan fingerprint density at radius 3 is 2.58 bits per heavy atom. The first-order valence-corrected chi connectivity index (χ1v) is 4.33. The SMILES string of the molecule is OC1CN2[CH]CCC(O)C2C1O. The number of nitrogens with zero attached hydrogens (tertiary/aromatic N) is 1. The third-order valence-electron chi connectivity index (χ3n) is 2.75. The summed E-state index contributed by atoms with van der Waals surface area (Å²) >= 11 is 0. The lowest BCUT2D eigenvalue weighted by atomic mass is 9.97. The summed E-state index contributed by atoms with van der Waals surface area (Å²) in [6.07, 6.45) is -0.486. The molecule has 0 aliphatic carbocycles. The molecule has 2 heterocycles. The highest BCUT2D eigenvalue weighted by atomic mass is 16.3. The van der Waals surface area contributed by atoms with Crippen molar-refractivity contribution in [1.82, 2.24) is 4.90 Å². The number of aliphatic hydroxyl groups excluding tert-OH is 3. The van der Waals surface area contributed by atoms with Crippen molar-refractivity contribution in [2.75, 3.05) is 6.54 Å². The molecule has 4 unspecified atom stereocenters. The van der Waals surface area contributed by atoms with Gasteiger partial charge in [-0.1, -0.05) is 0 Å². The van der Waals surface area contributed by atoms with E-state index in [1.165, 1.54) is 0 Å². The maximum atomic E-state index is 9.53. The van der Waals surface area contributed by atoms with Crippen molar-refractivity contribution in [3.05, 3.63) is 6.54 Å². The number of fused-ring (bicyclic) bond motifs is 1. The summed E-state index contributed by atoms with van der Waals surface area (Å²) in [6, 6.07) is -0.284. The molecular formula is C8H14NO3. The van der Waals surface area contributed by atoms with Crippen LogP contribution in [0, 0.1) is 6.54 Å². The molecule has 0 amide bonds. The normalized spacial score (nSPS) is 49.2. The molecule has 0 bridgehead atoms. The minimum absolute atomic E-state index is 0.284. The lowest BCUT2D eigenvalue weighted by Gasteiger charge is -2.34. The van der Waals surface area contributed by atoms with Gasteiger partial charge < -0.3 is 15.3 Å². The summed E-state index contributed by atoms with van der Waals surface area (Å²) in [7, 11) is 0. The molecule has 1 radical (unpaired) electrons. The Morgan fingerprint density at radius 2 is 1.92 bits per heavy atom. The fourth-order valence-electron chi connectivity index (χ4n) is 2.10. The molecule has 4 heteroatoms. The summed E-state index contributed by atoms with van der Waals surface area (Å²) < 4.78 is 0. The fraction of sp³-hybridized carbons (Fsp3) is 0.875. The topological polar surface area (TPSA) is 63.9 Å². The molecule has 3 N–H and O–H groups in total. The Kier molecular flexibility index (Phi) is 2.08. The van der Waals surface area contributed by atoms with Gasteiger partial charge in [0.05, 0.1) is 24.4 Å². The Hall–Kier alpha value is -0.160. The highest BCUT2D eigenvalue weighted by Crippen LogP contribution is 2.29. The predicted molar refractivity (Wildman–Crippen MR) is 42.0 cm³/mol. The van der Waals surface area contributed by atoms with E-state index >= 15 is 0 Å². The number of aliphatic hydroxyl groups is 3. The molecular weight excluding hydrogens is 158 g/mol. The summed E-state index contributed by atoms with van der Waals surface area (Å²) in [5, 5.41) is 28.3. The Morgan fingerprint density at radius 1 is 1.17 bits per heavy atom. The zero-order valence-electron chi connectivity index (χ0n) is 6.80. The molecule has 2 aliphatic heterocycles. The number of rotatable bonds is 0. The van der Waals surface area contributed by atoms with Gasteiger partial charge >= 0.3 is 0 Å². The highest BCUT2D eigenvalue weighted by Gasteiger charge is 2.45. The molecule has 4 nitrogen and oxygen atoms in total. The second-order valence-electron chi connectivity index (χ2n) is 3.57. The van der Waals surface area contributed by atoms with Gasteiger partial charge in [-0.3, -0.25) is 4.90 Å². The van der Waals surface area contributed by atoms with Crippen molar-refractivity contribution >= 4 is 0 Å². The third-order valence-corrected chi connectivity index (χ3v) is 2.75. The average Bonchev–Trinajstić information content (AvgIpc) is 2.29. The van der Waals surface area contributed by atoms with E-state index in [0.717, 1.165) is 6.42 Å². The molecule has 2 saturated heterocycles. The molecule has 2 rings (SSSR count). The molecule has 0 spiro atoms. The largest absolute Gasteiger partial charge is 0.391 e. The first kappa shape index (κ1) is 8.44. The lowest BCUT2D eigenvalue weighted by Crippen LogP contribution is -2.47. The third kappa shape index (κ3) is 1.15. The van der Waals surface area contributed by atoms with Gasteiger partial charge in [-0.25, -0.2) is 0 Å². The zero-order valence-corrected chi connectivity index (χ0v) is 6.80. The highest BCUT2D eigenvalue weighted by molar-refractivity contribution is 5.02. The number of hydrogen-bond donors (Lipinski definition) is 3. The summed E-state index contributed by atoms with van der Waals surface area (Å²) in [6.45, 7) is 2.40. The molecule has 0 aromatic rings. The molecule has 0 aromatic carbocycles. The van der Waals surface area contributed by atoms with Crippen LogP contribution in [0.3, 0.4) is 0 Å². The van der Waals surface area contributed by atoms with Crippen LogP contribution in [0.5, 0.6) is 0 Å². The van der Waals surface area contributed by atoms with Gasteiger partial charge in [-0.05, 0) is 12.8 Å². The second kappa shape index (κ2) is 2.96. The predicted octanol–water partition coefficient (Wildman–Crippen LogP) is -1.29. The average molecular weight is 172 g/mol. The summed E-state index contributed by atoms with van der Waals surface area (Å²) in [4.78, 5) is 1.85. The Bertz CT molecular complexity index is 176. The van der Waals surface area contributed by atoms with Crippen LogP contribution >= 0.6 is 0 Å². The van der Waals surface area contributed by atoms with Crippen molar-refractivity contribution in [2.24, 2.45) is 0 Å². The molecule has 12 heavy (non-hydrogen) atoms. The zero-order chi connectivity index (χ0) is 8.72. The van der Waals surface area contributed by atoms with Crippen LogP contribution in [-0.2, 0) is 0 Å². The molecule has 0 aromatic heterocycles. The lowest BCUT2D eigenvalue weighted by molar-refractivity contribution is -0.0195. The monoisotopic (exact) mass is 172 g/mol. The van der Waals surface area contributed by atoms with Crippen LogP contribution in [0.1, 0.15) is 12.8 Å². The van der Waals surface area contributed by atoms with Crippen LogP contribution in [0.2, 0.25) is 0 Å². The number of hydrogen-bond acceptors (Lipinski definition) is 4. The van der Waals surface area contributed by atoms with E-state index in [9.17, 15) is 15.3 Å². The van der Waals surface area contributed by atoms with Gasteiger partial charge in [0, 0.05) is 13.1 Å². The van der Waals surface area contributed by atoms with E-state index in [1.807, 2.05) is 11.4 Å². The molecule has 4 atom stereocenters. The van der Waals surface area contributed by atoms with Crippen molar-refractivity contribution < 1.29 is 15.3 Å². The van der Waals surface area contributed by atoms with Crippen molar-refractivity contribution in [3.8, 4) is 0 Å². The van der Waals surface area contributed by atoms with Gasteiger partial charge in [0.2, 0.25) is 0 Å². The molecule has 2 fully saturated rings. The van der Waals surface area contributed by atoms with E-state index in [-0.39, 0.29) is 6.04 Å². The van der Waals surface area contributed by atoms with Gasteiger partial charge in [-0.15, -0.1) is 0 Å². The van der Waals surface area contributed by atoms with Crippen LogP contribution in [-0.4, -0.2) is 51.1 Å². The second-order valence-corrected chi connectivity index (χ2v) is 3.57. The first-order valence-electron chi connectivity index (χ1n) is 4.33. The standard InChI is InChI=1S/C8H14NO3/c10-5-2-1-3-9-4-6(11)8(12)7(5)9/h3,5-8,10-12H,1-2,4H2. The molecule has 69 valence electrons. The number of piperidine rings is 1. The van der Waals surface area contributed by atoms with Crippen molar-refractivity contribution in [3.63, 3.8) is 0 Å². The van der Waals surface area contributed by atoms with Crippen LogP contribution in [0.25, 0.3) is 0 Å². The quantitative estimate of drug-likeness (QED) is 0.425. The van der Waals surface area contributed by atoms with Crippen LogP contribution in [0.4, 0.5) is 0 Å². The maximum absolute atomic E-state index is 9.53. The van der Waals surface area contributed by atoms with Gasteiger partial charge in [0.1, 0.15) is 0 Å². The Labute approximate surface area is 71.4 Å². The maximum Gasteiger partial charge on any atom is 0.0991 e. The van der Waals surface area contributed by atoms with E-state index in [1.54, 1.807) is 0 Å². The van der Waals surface area contributed by atoms with Gasteiger partial charge in [0.15, 0.2) is 0 Å². The summed E-state index contributed by atoms with van der Waals surface area (Å²) in [5.41, 5.74) is 0.